The number of nitrogens with zero attached hydrogens (tertiary/aromatic N) is 1. The SMILES string of the molecule is COC(=O)CN(Cc1ccc(C(F)(F)F)cc1)C(C)C. The number of hydrogen-bond acceptors (Lipinski definition) is 3. The van der Waals surface area contributed by atoms with Crippen molar-refractivity contribution >= 4 is 5.97 Å². The molecule has 6 heteroatoms. The second-order valence-electron chi connectivity index (χ2n) is 4.77. The number of halogens is 3. The summed E-state index contributed by atoms with van der Waals surface area (Å²) in [6.07, 6.45) is -4.33. The molecule has 0 amide bonds. The van der Waals surface area contributed by atoms with Crippen LogP contribution in [0.4, 0.5) is 13.2 Å². The van der Waals surface area contributed by atoms with Gasteiger partial charge in [-0.2, -0.15) is 13.2 Å². The number of benzene rings is 1. The molecule has 112 valence electrons. The first-order chi connectivity index (χ1) is 9.24. The van der Waals surface area contributed by atoms with Crippen LogP contribution in [-0.4, -0.2) is 30.6 Å². The second-order valence-corrected chi connectivity index (χ2v) is 4.77. The molecule has 1 aromatic carbocycles. The van der Waals surface area contributed by atoms with Crippen molar-refractivity contribution in [3.05, 3.63) is 35.4 Å². The maximum atomic E-state index is 12.5. The highest BCUT2D eigenvalue weighted by atomic mass is 19.4. The molecule has 20 heavy (non-hydrogen) atoms. The smallest absolute Gasteiger partial charge is 0.416 e. The third-order valence-electron chi connectivity index (χ3n) is 2.96. The van der Waals surface area contributed by atoms with Crippen molar-refractivity contribution < 1.29 is 22.7 Å². The number of carbonyl (C=O) groups is 1. The molecule has 3 nitrogen and oxygen atoms in total. The van der Waals surface area contributed by atoms with E-state index in [1.54, 1.807) is 0 Å². The Hall–Kier alpha value is -1.56. The number of esters is 1. The van der Waals surface area contributed by atoms with Crippen molar-refractivity contribution in [2.24, 2.45) is 0 Å². The Kier molecular flexibility index (Phi) is 5.56. The zero-order valence-corrected chi connectivity index (χ0v) is 11.7. The molecule has 1 rings (SSSR count). The van der Waals surface area contributed by atoms with Gasteiger partial charge in [0.05, 0.1) is 19.2 Å². The molecule has 0 saturated carbocycles. The van der Waals surface area contributed by atoms with Crippen LogP contribution in [0, 0.1) is 0 Å². The Morgan fingerprint density at radius 1 is 1.25 bits per heavy atom. The van der Waals surface area contributed by atoms with Crippen LogP contribution in [0.15, 0.2) is 24.3 Å². The maximum Gasteiger partial charge on any atom is 0.416 e. The molecular formula is C14H18F3NO2. The maximum absolute atomic E-state index is 12.5. The van der Waals surface area contributed by atoms with Gasteiger partial charge in [-0.05, 0) is 31.5 Å². The third-order valence-corrected chi connectivity index (χ3v) is 2.96. The fourth-order valence-electron chi connectivity index (χ4n) is 1.69. The summed E-state index contributed by atoms with van der Waals surface area (Å²) >= 11 is 0. The van der Waals surface area contributed by atoms with Gasteiger partial charge in [-0.1, -0.05) is 12.1 Å². The fourth-order valence-corrected chi connectivity index (χ4v) is 1.69. The monoisotopic (exact) mass is 289 g/mol. The van der Waals surface area contributed by atoms with Crippen molar-refractivity contribution in [1.29, 1.82) is 0 Å². The van der Waals surface area contributed by atoms with E-state index in [1.807, 2.05) is 18.7 Å². The van der Waals surface area contributed by atoms with E-state index >= 15 is 0 Å². The summed E-state index contributed by atoms with van der Waals surface area (Å²) in [5, 5.41) is 0. The summed E-state index contributed by atoms with van der Waals surface area (Å²) in [5.41, 5.74) is 0.0425. The summed E-state index contributed by atoms with van der Waals surface area (Å²) < 4.78 is 42.0. The lowest BCUT2D eigenvalue weighted by atomic mass is 10.1. The lowest BCUT2D eigenvalue weighted by Gasteiger charge is -2.25. The van der Waals surface area contributed by atoms with Gasteiger partial charge in [0.2, 0.25) is 0 Å². The second kappa shape index (κ2) is 6.74. The van der Waals surface area contributed by atoms with Crippen LogP contribution in [-0.2, 0) is 22.3 Å². The minimum atomic E-state index is -4.33. The van der Waals surface area contributed by atoms with E-state index in [0.29, 0.717) is 6.54 Å². The van der Waals surface area contributed by atoms with Crippen molar-refractivity contribution in [2.45, 2.75) is 32.6 Å². The largest absolute Gasteiger partial charge is 0.468 e. The number of ether oxygens (including phenoxy) is 1. The summed E-state index contributed by atoms with van der Waals surface area (Å²) in [6.45, 7) is 4.32. The normalized spacial score (nSPS) is 12.0. The average molecular weight is 289 g/mol. The standard InChI is InChI=1S/C14H18F3NO2/c1-10(2)18(9-13(19)20-3)8-11-4-6-12(7-5-11)14(15,16)17/h4-7,10H,8-9H2,1-3H3. The van der Waals surface area contributed by atoms with Gasteiger partial charge in [-0.3, -0.25) is 9.69 Å². The molecule has 0 aliphatic heterocycles. The van der Waals surface area contributed by atoms with Crippen LogP contribution in [0.5, 0.6) is 0 Å². The summed E-state index contributed by atoms with van der Waals surface area (Å²) in [4.78, 5) is 13.1. The van der Waals surface area contributed by atoms with E-state index in [1.165, 1.54) is 19.2 Å². The van der Waals surface area contributed by atoms with Gasteiger partial charge in [-0.15, -0.1) is 0 Å². The lowest BCUT2D eigenvalue weighted by molar-refractivity contribution is -0.142. The molecule has 0 fully saturated rings. The van der Waals surface area contributed by atoms with Crippen molar-refractivity contribution in [3.63, 3.8) is 0 Å². The van der Waals surface area contributed by atoms with Crippen molar-refractivity contribution in [3.8, 4) is 0 Å². The Labute approximate surface area is 116 Å². The summed E-state index contributed by atoms with van der Waals surface area (Å²) in [6, 6.07) is 5.03. The number of rotatable bonds is 5. The van der Waals surface area contributed by atoms with Crippen molar-refractivity contribution in [1.82, 2.24) is 4.90 Å². The van der Waals surface area contributed by atoms with Gasteiger partial charge in [0.15, 0.2) is 0 Å². The molecule has 0 bridgehead atoms. The zero-order valence-electron chi connectivity index (χ0n) is 11.7. The van der Waals surface area contributed by atoms with Gasteiger partial charge in [-0.25, -0.2) is 0 Å². The molecule has 0 spiro atoms. The number of hydrogen-bond donors (Lipinski definition) is 0. The summed E-state index contributed by atoms with van der Waals surface area (Å²) in [7, 11) is 1.30. The van der Waals surface area contributed by atoms with Crippen LogP contribution in [0.1, 0.15) is 25.0 Å². The number of alkyl halides is 3. The topological polar surface area (TPSA) is 29.5 Å². The fraction of sp³-hybridized carbons (Fsp3) is 0.500. The van der Waals surface area contributed by atoms with Crippen molar-refractivity contribution in [2.75, 3.05) is 13.7 Å². The van der Waals surface area contributed by atoms with E-state index in [2.05, 4.69) is 4.74 Å². The predicted molar refractivity (Wildman–Crippen MR) is 69.0 cm³/mol. The van der Waals surface area contributed by atoms with Crippen LogP contribution < -0.4 is 0 Å². The molecule has 0 atom stereocenters. The van der Waals surface area contributed by atoms with Gasteiger partial charge in [0.25, 0.3) is 0 Å². The molecule has 1 aromatic rings. The first-order valence-corrected chi connectivity index (χ1v) is 6.21. The van der Waals surface area contributed by atoms with E-state index in [4.69, 9.17) is 0 Å². The van der Waals surface area contributed by atoms with E-state index < -0.39 is 11.7 Å². The molecule has 0 unspecified atom stereocenters. The molecule has 0 N–H and O–H groups in total. The van der Waals surface area contributed by atoms with Gasteiger partial charge in [0.1, 0.15) is 0 Å². The Bertz CT molecular complexity index is 441. The molecule has 0 aliphatic rings. The highest BCUT2D eigenvalue weighted by Gasteiger charge is 2.30. The first kappa shape index (κ1) is 16.5. The molecule has 0 saturated heterocycles. The van der Waals surface area contributed by atoms with Gasteiger partial charge < -0.3 is 4.74 Å². The Balaban J connectivity index is 2.77. The zero-order chi connectivity index (χ0) is 15.3. The highest BCUT2D eigenvalue weighted by Crippen LogP contribution is 2.29. The highest BCUT2D eigenvalue weighted by molar-refractivity contribution is 5.71. The molecule has 0 aromatic heterocycles. The van der Waals surface area contributed by atoms with E-state index in [-0.39, 0.29) is 18.6 Å². The summed E-state index contributed by atoms with van der Waals surface area (Å²) in [5.74, 6) is -0.370. The van der Waals surface area contributed by atoms with Crippen LogP contribution in [0.3, 0.4) is 0 Å². The van der Waals surface area contributed by atoms with Crippen LogP contribution in [0.25, 0.3) is 0 Å². The average Bonchev–Trinajstić information content (AvgIpc) is 2.37. The van der Waals surface area contributed by atoms with Crippen LogP contribution >= 0.6 is 0 Å². The first-order valence-electron chi connectivity index (χ1n) is 6.21. The minimum absolute atomic E-state index is 0.0800. The van der Waals surface area contributed by atoms with Gasteiger partial charge in [0, 0.05) is 12.6 Å². The minimum Gasteiger partial charge on any atom is -0.468 e. The van der Waals surface area contributed by atoms with E-state index in [0.717, 1.165) is 17.7 Å². The number of carbonyl (C=O) groups excluding carboxylic acids is 1. The predicted octanol–water partition coefficient (Wildman–Crippen LogP) is 3.09. The molecule has 0 radical (unpaired) electrons. The van der Waals surface area contributed by atoms with Crippen LogP contribution in [0.2, 0.25) is 0 Å². The number of methoxy groups -OCH3 is 1. The Morgan fingerprint density at radius 3 is 2.20 bits per heavy atom. The van der Waals surface area contributed by atoms with E-state index in [9.17, 15) is 18.0 Å². The molecular weight excluding hydrogens is 271 g/mol. The lowest BCUT2D eigenvalue weighted by Crippen LogP contribution is -2.35. The third kappa shape index (κ3) is 4.85. The molecule has 0 aliphatic carbocycles. The Morgan fingerprint density at radius 2 is 1.80 bits per heavy atom. The molecule has 0 heterocycles. The van der Waals surface area contributed by atoms with Gasteiger partial charge >= 0.3 is 12.1 Å². The quantitative estimate of drug-likeness (QED) is 0.780.